The summed E-state index contributed by atoms with van der Waals surface area (Å²) >= 11 is 0. The Labute approximate surface area is 115 Å². The molecule has 2 rings (SSSR count). The van der Waals surface area contributed by atoms with Crippen molar-refractivity contribution in [2.75, 3.05) is 12.3 Å². The first kappa shape index (κ1) is 14.2. The Hall–Kier alpha value is -2.18. The van der Waals surface area contributed by atoms with Crippen LogP contribution in [0.3, 0.4) is 0 Å². The SMILES string of the molecule is N=C(/C=C\NCC1CC1)c1cnc(N)c(OC(F)F)c1. The molecule has 1 aromatic rings. The molecule has 4 N–H and O–H groups in total. The molecule has 1 saturated carbocycles. The number of hydrogen-bond donors (Lipinski definition) is 3. The molecule has 1 aliphatic rings. The Kier molecular flexibility index (Phi) is 4.49. The second-order valence-corrected chi connectivity index (χ2v) is 4.58. The molecule has 0 atom stereocenters. The third-order valence-corrected chi connectivity index (χ3v) is 2.88. The van der Waals surface area contributed by atoms with E-state index in [1.807, 2.05) is 0 Å². The molecule has 0 unspecified atom stereocenters. The fraction of sp³-hybridized carbons (Fsp3) is 0.385. The first-order valence-electron chi connectivity index (χ1n) is 6.25. The van der Waals surface area contributed by atoms with E-state index in [1.54, 1.807) is 12.3 Å². The predicted octanol–water partition coefficient (Wildman–Crippen LogP) is 2.15. The molecule has 0 amide bonds. The van der Waals surface area contributed by atoms with Gasteiger partial charge in [0.2, 0.25) is 0 Å². The lowest BCUT2D eigenvalue weighted by molar-refractivity contribution is -0.0495. The number of anilines is 1. The Morgan fingerprint density at radius 2 is 2.35 bits per heavy atom. The van der Waals surface area contributed by atoms with Crippen LogP contribution in [0.25, 0.3) is 0 Å². The summed E-state index contributed by atoms with van der Waals surface area (Å²) in [6.45, 7) is -2.08. The number of aromatic nitrogens is 1. The fourth-order valence-electron chi connectivity index (χ4n) is 1.59. The molecule has 108 valence electrons. The van der Waals surface area contributed by atoms with E-state index in [0.29, 0.717) is 5.56 Å². The van der Waals surface area contributed by atoms with Crippen LogP contribution in [0.5, 0.6) is 5.75 Å². The van der Waals surface area contributed by atoms with Crippen LogP contribution in [-0.4, -0.2) is 23.9 Å². The van der Waals surface area contributed by atoms with Crippen molar-refractivity contribution < 1.29 is 13.5 Å². The summed E-state index contributed by atoms with van der Waals surface area (Å²) in [5.41, 5.74) is 5.93. The molecule has 7 heteroatoms. The van der Waals surface area contributed by atoms with Gasteiger partial charge in [0.1, 0.15) is 0 Å². The molecule has 1 aliphatic carbocycles. The van der Waals surface area contributed by atoms with Crippen LogP contribution in [0, 0.1) is 11.3 Å². The zero-order valence-electron chi connectivity index (χ0n) is 10.8. The molecule has 20 heavy (non-hydrogen) atoms. The van der Waals surface area contributed by atoms with Crippen molar-refractivity contribution in [3.8, 4) is 5.75 Å². The van der Waals surface area contributed by atoms with E-state index in [1.165, 1.54) is 25.1 Å². The Morgan fingerprint density at radius 3 is 3.00 bits per heavy atom. The van der Waals surface area contributed by atoms with Crippen LogP contribution in [0.15, 0.2) is 24.5 Å². The largest absolute Gasteiger partial charge is 0.431 e. The number of rotatable bonds is 7. The first-order valence-corrected chi connectivity index (χ1v) is 6.25. The lowest BCUT2D eigenvalue weighted by Gasteiger charge is -2.08. The zero-order valence-corrected chi connectivity index (χ0v) is 10.8. The molecule has 1 aromatic heterocycles. The predicted molar refractivity (Wildman–Crippen MR) is 72.0 cm³/mol. The van der Waals surface area contributed by atoms with Crippen molar-refractivity contribution in [3.63, 3.8) is 0 Å². The maximum atomic E-state index is 12.2. The molecule has 0 saturated heterocycles. The van der Waals surface area contributed by atoms with Crippen molar-refractivity contribution in [2.45, 2.75) is 19.5 Å². The van der Waals surface area contributed by atoms with Gasteiger partial charge in [0.05, 0.1) is 5.71 Å². The number of ether oxygens (including phenoxy) is 1. The van der Waals surface area contributed by atoms with Crippen LogP contribution in [-0.2, 0) is 0 Å². The third-order valence-electron chi connectivity index (χ3n) is 2.88. The van der Waals surface area contributed by atoms with Gasteiger partial charge in [0.15, 0.2) is 11.6 Å². The number of nitrogens with one attached hydrogen (secondary N) is 2. The topological polar surface area (TPSA) is 84.0 Å². The Morgan fingerprint density at radius 1 is 1.60 bits per heavy atom. The monoisotopic (exact) mass is 282 g/mol. The summed E-state index contributed by atoms with van der Waals surface area (Å²) in [5.74, 6) is 0.386. The number of nitrogens with zero attached hydrogens (tertiary/aromatic N) is 1. The van der Waals surface area contributed by atoms with Gasteiger partial charge < -0.3 is 21.2 Å². The minimum absolute atomic E-state index is 0.127. The highest BCUT2D eigenvalue weighted by molar-refractivity contribution is 6.06. The van der Waals surface area contributed by atoms with Crippen LogP contribution in [0.1, 0.15) is 18.4 Å². The van der Waals surface area contributed by atoms with E-state index in [0.717, 1.165) is 12.5 Å². The minimum Gasteiger partial charge on any atom is -0.431 e. The van der Waals surface area contributed by atoms with Crippen molar-refractivity contribution in [2.24, 2.45) is 5.92 Å². The maximum absolute atomic E-state index is 12.2. The number of alkyl halides is 2. The normalized spacial score (nSPS) is 14.8. The van der Waals surface area contributed by atoms with Gasteiger partial charge in [-0.3, -0.25) is 0 Å². The van der Waals surface area contributed by atoms with Crippen molar-refractivity contribution in [1.29, 1.82) is 5.41 Å². The summed E-state index contributed by atoms with van der Waals surface area (Å²) < 4.78 is 28.6. The third kappa shape index (κ3) is 4.18. The smallest absolute Gasteiger partial charge is 0.387 e. The van der Waals surface area contributed by atoms with Gasteiger partial charge in [-0.25, -0.2) is 4.98 Å². The molecule has 0 bridgehead atoms. The van der Waals surface area contributed by atoms with Gasteiger partial charge in [0.25, 0.3) is 0 Å². The Bertz CT molecular complexity index is 515. The van der Waals surface area contributed by atoms with Crippen LogP contribution in [0.4, 0.5) is 14.6 Å². The highest BCUT2D eigenvalue weighted by atomic mass is 19.3. The molecule has 0 spiro atoms. The quantitative estimate of drug-likeness (QED) is 0.669. The van der Waals surface area contributed by atoms with Crippen molar-refractivity contribution in [3.05, 3.63) is 30.1 Å². The molecule has 5 nitrogen and oxygen atoms in total. The highest BCUT2D eigenvalue weighted by Gasteiger charge is 2.19. The molecule has 0 radical (unpaired) electrons. The summed E-state index contributed by atoms with van der Waals surface area (Å²) in [6, 6.07) is 1.28. The fourth-order valence-corrected chi connectivity index (χ4v) is 1.59. The number of allylic oxidation sites excluding steroid dienone is 1. The number of pyridine rings is 1. The van der Waals surface area contributed by atoms with Gasteiger partial charge in [-0.15, -0.1) is 0 Å². The average Bonchev–Trinajstić information content (AvgIpc) is 3.20. The van der Waals surface area contributed by atoms with Gasteiger partial charge in [-0.05, 0) is 37.1 Å². The molecular formula is C13H16F2N4O. The molecule has 0 aromatic carbocycles. The summed E-state index contributed by atoms with van der Waals surface area (Å²) in [7, 11) is 0. The van der Waals surface area contributed by atoms with E-state index in [-0.39, 0.29) is 17.3 Å². The van der Waals surface area contributed by atoms with E-state index in [9.17, 15) is 8.78 Å². The van der Waals surface area contributed by atoms with Gasteiger partial charge in [0, 0.05) is 18.3 Å². The maximum Gasteiger partial charge on any atom is 0.387 e. The van der Waals surface area contributed by atoms with E-state index in [4.69, 9.17) is 11.1 Å². The van der Waals surface area contributed by atoms with Crippen LogP contribution < -0.4 is 15.8 Å². The number of nitrogen functional groups attached to an aromatic ring is 1. The Balaban J connectivity index is 1.97. The van der Waals surface area contributed by atoms with E-state index in [2.05, 4.69) is 15.0 Å². The van der Waals surface area contributed by atoms with Gasteiger partial charge in [-0.1, -0.05) is 0 Å². The summed E-state index contributed by atoms with van der Waals surface area (Å²) in [6.07, 6.45) is 7.05. The number of halogens is 2. The highest BCUT2D eigenvalue weighted by Crippen LogP contribution is 2.27. The zero-order chi connectivity index (χ0) is 14.5. The standard InChI is InChI=1S/C13H16F2N4O/c14-13(15)20-11-5-9(7-19-12(11)17)10(16)3-4-18-6-8-1-2-8/h3-5,7-8,13,16,18H,1-2,6H2,(H2,17,19)/b4-3-,16-10?. The first-order chi connectivity index (χ1) is 9.56. The minimum atomic E-state index is -2.97. The lowest BCUT2D eigenvalue weighted by Crippen LogP contribution is -2.10. The number of nitrogens with two attached hydrogens (primary N) is 1. The van der Waals surface area contributed by atoms with Gasteiger partial charge in [-0.2, -0.15) is 8.78 Å². The van der Waals surface area contributed by atoms with Crippen molar-refractivity contribution in [1.82, 2.24) is 10.3 Å². The second kappa shape index (κ2) is 6.31. The number of hydrogen-bond acceptors (Lipinski definition) is 5. The lowest BCUT2D eigenvalue weighted by atomic mass is 10.1. The van der Waals surface area contributed by atoms with E-state index >= 15 is 0 Å². The summed E-state index contributed by atoms with van der Waals surface area (Å²) in [5, 5.41) is 10.9. The van der Waals surface area contributed by atoms with Gasteiger partial charge >= 0.3 is 6.61 Å². The second-order valence-electron chi connectivity index (χ2n) is 4.58. The average molecular weight is 282 g/mol. The molecule has 0 aliphatic heterocycles. The van der Waals surface area contributed by atoms with E-state index < -0.39 is 6.61 Å². The van der Waals surface area contributed by atoms with Crippen LogP contribution in [0.2, 0.25) is 0 Å². The summed E-state index contributed by atoms with van der Waals surface area (Å²) in [4.78, 5) is 3.74. The molecule has 1 fully saturated rings. The molecule has 1 heterocycles. The molecular weight excluding hydrogens is 266 g/mol. The van der Waals surface area contributed by atoms with Crippen molar-refractivity contribution >= 4 is 11.5 Å². The van der Waals surface area contributed by atoms with Crippen LogP contribution >= 0.6 is 0 Å².